The van der Waals surface area contributed by atoms with Gasteiger partial charge >= 0.3 is 0 Å². The van der Waals surface area contributed by atoms with Crippen LogP contribution in [-0.4, -0.2) is 15.6 Å². The van der Waals surface area contributed by atoms with Crippen LogP contribution >= 0.6 is 0 Å². The first-order valence-electron chi connectivity index (χ1n) is 3.87. The normalized spacial score (nSPS) is 10.2. The molecule has 0 unspecified atom stereocenters. The Labute approximate surface area is 71.4 Å². The average molecular weight is 167 g/mol. The molecule has 0 amide bonds. The van der Waals surface area contributed by atoms with E-state index in [-0.39, 0.29) is 5.78 Å². The van der Waals surface area contributed by atoms with Crippen LogP contribution in [0.1, 0.15) is 19.0 Å². The lowest BCUT2D eigenvalue weighted by molar-refractivity contribution is -0.116. The minimum atomic E-state index is 0.180. The molecule has 0 saturated carbocycles. The van der Waals surface area contributed by atoms with Gasteiger partial charge in [0.2, 0.25) is 0 Å². The number of Topliss-reactive ketones (excluding diaryl/α,β-unsaturated/α-hetero) is 1. The van der Waals surface area contributed by atoms with Crippen molar-refractivity contribution in [3.63, 3.8) is 0 Å². The summed E-state index contributed by atoms with van der Waals surface area (Å²) in [4.78, 5) is 10.6. The summed E-state index contributed by atoms with van der Waals surface area (Å²) in [6, 6.07) is 1.79. The number of aryl methyl sites for hydroxylation is 2. The third kappa shape index (κ3) is 2.08. The van der Waals surface area contributed by atoms with E-state index < -0.39 is 0 Å². The molecule has 1 heterocycles. The van der Waals surface area contributed by atoms with E-state index in [0.717, 1.165) is 5.69 Å². The molecule has 1 aromatic rings. The van der Waals surface area contributed by atoms with Crippen LogP contribution in [0.2, 0.25) is 0 Å². The van der Waals surface area contributed by atoms with Crippen molar-refractivity contribution in [1.29, 1.82) is 0 Å². The predicted molar refractivity (Wildman–Crippen MR) is 46.6 cm³/mol. The molecule has 0 fully saturated rings. The van der Waals surface area contributed by atoms with Crippen LogP contribution in [0, 0.1) is 0 Å². The Morgan fingerprint density at radius 2 is 2.42 bits per heavy atom. The zero-order chi connectivity index (χ0) is 9.14. The first kappa shape index (κ1) is 8.77. The van der Waals surface area contributed by atoms with Crippen LogP contribution in [0.5, 0.6) is 0 Å². The monoisotopic (exact) mass is 167 g/mol. The van der Waals surface area contributed by atoms with Crippen molar-refractivity contribution in [3.05, 3.63) is 11.8 Å². The van der Waals surface area contributed by atoms with Gasteiger partial charge in [-0.2, -0.15) is 5.10 Å². The van der Waals surface area contributed by atoms with Crippen LogP contribution in [0.4, 0.5) is 5.82 Å². The SMILES string of the molecule is CC(=O)CCc1cc(N)n(C)n1. The van der Waals surface area contributed by atoms with Gasteiger partial charge in [0, 0.05) is 19.5 Å². The third-order valence-electron chi connectivity index (χ3n) is 1.70. The molecule has 12 heavy (non-hydrogen) atoms. The molecule has 1 aromatic heterocycles. The fourth-order valence-electron chi connectivity index (χ4n) is 0.970. The minimum absolute atomic E-state index is 0.180. The maximum Gasteiger partial charge on any atom is 0.130 e. The molecule has 2 N–H and O–H groups in total. The Kier molecular flexibility index (Phi) is 2.47. The number of nitrogens with zero attached hydrogens (tertiary/aromatic N) is 2. The molecule has 0 bridgehead atoms. The third-order valence-corrected chi connectivity index (χ3v) is 1.70. The number of carbonyl (C=O) groups is 1. The zero-order valence-electron chi connectivity index (χ0n) is 7.37. The van der Waals surface area contributed by atoms with Gasteiger partial charge in [-0.1, -0.05) is 0 Å². The highest BCUT2D eigenvalue weighted by Crippen LogP contribution is 2.06. The van der Waals surface area contributed by atoms with Crippen LogP contribution in [0.3, 0.4) is 0 Å². The van der Waals surface area contributed by atoms with E-state index in [9.17, 15) is 4.79 Å². The number of nitrogens with two attached hydrogens (primary N) is 1. The molecule has 0 atom stereocenters. The summed E-state index contributed by atoms with van der Waals surface area (Å²) < 4.78 is 1.61. The number of hydrogen-bond acceptors (Lipinski definition) is 3. The number of rotatable bonds is 3. The van der Waals surface area contributed by atoms with E-state index in [1.54, 1.807) is 24.7 Å². The second kappa shape index (κ2) is 3.38. The van der Waals surface area contributed by atoms with Gasteiger partial charge in [-0.3, -0.25) is 4.68 Å². The molecule has 0 saturated heterocycles. The molecule has 4 heteroatoms. The fourth-order valence-corrected chi connectivity index (χ4v) is 0.970. The highest BCUT2D eigenvalue weighted by atomic mass is 16.1. The summed E-state index contributed by atoms with van der Waals surface area (Å²) in [6.07, 6.45) is 1.22. The van der Waals surface area contributed by atoms with E-state index in [1.165, 1.54) is 0 Å². The van der Waals surface area contributed by atoms with Crippen LogP contribution < -0.4 is 5.73 Å². The Hall–Kier alpha value is -1.32. The maximum absolute atomic E-state index is 10.6. The van der Waals surface area contributed by atoms with Crippen molar-refractivity contribution in [2.75, 3.05) is 5.73 Å². The Bertz CT molecular complexity index is 271. The first-order chi connectivity index (χ1) is 5.59. The second-order valence-electron chi connectivity index (χ2n) is 2.89. The van der Waals surface area contributed by atoms with Crippen molar-refractivity contribution in [3.8, 4) is 0 Å². The summed E-state index contributed by atoms with van der Waals surface area (Å²) in [5.41, 5.74) is 6.44. The molecular formula is C8H13N3O. The topological polar surface area (TPSA) is 60.9 Å². The van der Waals surface area contributed by atoms with Gasteiger partial charge in [-0.25, -0.2) is 0 Å². The first-order valence-corrected chi connectivity index (χ1v) is 3.87. The Balaban J connectivity index is 2.58. The molecule has 4 nitrogen and oxygen atoms in total. The number of carbonyl (C=O) groups excluding carboxylic acids is 1. The van der Waals surface area contributed by atoms with E-state index in [2.05, 4.69) is 5.10 Å². The van der Waals surface area contributed by atoms with Crippen molar-refractivity contribution < 1.29 is 4.79 Å². The quantitative estimate of drug-likeness (QED) is 0.714. The van der Waals surface area contributed by atoms with Gasteiger partial charge in [0.25, 0.3) is 0 Å². The Morgan fingerprint density at radius 3 is 2.83 bits per heavy atom. The van der Waals surface area contributed by atoms with Gasteiger partial charge in [-0.05, 0) is 13.3 Å². The highest BCUT2D eigenvalue weighted by Gasteiger charge is 2.02. The molecule has 66 valence electrons. The number of ketones is 1. The lowest BCUT2D eigenvalue weighted by Crippen LogP contribution is -1.98. The average Bonchev–Trinajstić information content (AvgIpc) is 2.28. The molecule has 0 aliphatic rings. The number of aromatic nitrogens is 2. The van der Waals surface area contributed by atoms with Crippen molar-refractivity contribution >= 4 is 11.6 Å². The molecule has 0 radical (unpaired) electrons. The smallest absolute Gasteiger partial charge is 0.130 e. The molecule has 0 aromatic carbocycles. The van der Waals surface area contributed by atoms with E-state index in [0.29, 0.717) is 18.7 Å². The van der Waals surface area contributed by atoms with Gasteiger partial charge < -0.3 is 10.5 Å². The predicted octanol–water partition coefficient (Wildman–Crippen LogP) is 0.524. The second-order valence-corrected chi connectivity index (χ2v) is 2.89. The van der Waals surface area contributed by atoms with E-state index >= 15 is 0 Å². The lowest BCUT2D eigenvalue weighted by Gasteiger charge is -1.91. The van der Waals surface area contributed by atoms with Gasteiger partial charge in [0.1, 0.15) is 11.6 Å². The number of nitrogen functional groups attached to an aromatic ring is 1. The lowest BCUT2D eigenvalue weighted by atomic mass is 10.2. The zero-order valence-corrected chi connectivity index (χ0v) is 7.37. The summed E-state index contributed by atoms with van der Waals surface area (Å²) in [5, 5.41) is 4.12. The number of hydrogen-bond donors (Lipinski definition) is 1. The van der Waals surface area contributed by atoms with Crippen LogP contribution in [0.25, 0.3) is 0 Å². The van der Waals surface area contributed by atoms with Crippen LogP contribution in [-0.2, 0) is 18.3 Å². The molecule has 0 aliphatic carbocycles. The Morgan fingerprint density at radius 1 is 1.75 bits per heavy atom. The molecule has 0 spiro atoms. The minimum Gasteiger partial charge on any atom is -0.384 e. The number of anilines is 1. The summed E-state index contributed by atoms with van der Waals surface area (Å²) in [5.74, 6) is 0.813. The van der Waals surface area contributed by atoms with Gasteiger partial charge in [-0.15, -0.1) is 0 Å². The molecular weight excluding hydrogens is 154 g/mol. The van der Waals surface area contributed by atoms with Gasteiger partial charge in [0.05, 0.1) is 5.69 Å². The van der Waals surface area contributed by atoms with Crippen molar-refractivity contribution in [2.24, 2.45) is 7.05 Å². The van der Waals surface area contributed by atoms with Crippen molar-refractivity contribution in [2.45, 2.75) is 19.8 Å². The van der Waals surface area contributed by atoms with Crippen LogP contribution in [0.15, 0.2) is 6.07 Å². The van der Waals surface area contributed by atoms with E-state index in [1.807, 2.05) is 0 Å². The highest BCUT2D eigenvalue weighted by molar-refractivity contribution is 5.75. The van der Waals surface area contributed by atoms with E-state index in [4.69, 9.17) is 5.73 Å². The summed E-state index contributed by atoms with van der Waals surface area (Å²) >= 11 is 0. The summed E-state index contributed by atoms with van der Waals surface area (Å²) in [7, 11) is 1.78. The summed E-state index contributed by atoms with van der Waals surface area (Å²) in [6.45, 7) is 1.58. The fraction of sp³-hybridized carbons (Fsp3) is 0.500. The van der Waals surface area contributed by atoms with Gasteiger partial charge in [0.15, 0.2) is 0 Å². The maximum atomic E-state index is 10.6. The largest absolute Gasteiger partial charge is 0.384 e. The molecule has 1 rings (SSSR count). The molecule has 0 aliphatic heterocycles. The van der Waals surface area contributed by atoms with Crippen molar-refractivity contribution in [1.82, 2.24) is 9.78 Å². The standard InChI is InChI=1S/C8H13N3O/c1-6(12)3-4-7-5-8(9)11(2)10-7/h5H,3-4,9H2,1-2H3.